The second kappa shape index (κ2) is 9.40. The highest BCUT2D eigenvalue weighted by Gasteiger charge is 2.37. The van der Waals surface area contributed by atoms with Crippen LogP contribution in [0.1, 0.15) is 38.2 Å². The van der Waals surface area contributed by atoms with Crippen LogP contribution in [0.15, 0.2) is 65.8 Å². The second-order valence-corrected chi connectivity index (χ2v) is 7.37. The molecule has 1 amide bonds. The first-order valence-corrected chi connectivity index (χ1v) is 9.72. The summed E-state index contributed by atoms with van der Waals surface area (Å²) in [5.41, 5.74) is 3.82. The van der Waals surface area contributed by atoms with Gasteiger partial charge < -0.3 is 14.8 Å². The Morgan fingerprint density at radius 3 is 2.86 bits per heavy atom. The smallest absolute Gasteiger partial charge is 0.407 e. The molecule has 0 unspecified atom stereocenters. The summed E-state index contributed by atoms with van der Waals surface area (Å²) >= 11 is 0. The van der Waals surface area contributed by atoms with Gasteiger partial charge in [0.2, 0.25) is 0 Å². The number of benzene rings is 1. The Labute approximate surface area is 166 Å². The summed E-state index contributed by atoms with van der Waals surface area (Å²) < 4.78 is 10.9. The van der Waals surface area contributed by atoms with Crippen LogP contribution < -0.4 is 5.32 Å². The molecule has 1 saturated heterocycles. The van der Waals surface area contributed by atoms with Gasteiger partial charge in [0, 0.05) is 18.0 Å². The fourth-order valence-corrected chi connectivity index (χ4v) is 3.54. The molecule has 1 aromatic rings. The molecule has 0 spiro atoms. The van der Waals surface area contributed by atoms with Gasteiger partial charge in [0.1, 0.15) is 12.7 Å². The monoisotopic (exact) mass is 381 g/mol. The number of fused-ring (bicyclic) bond motifs is 1. The molecule has 148 valence electrons. The SMILES string of the molecule is C=C1C(=O)O[C@H]2/C=C(\C)CC/C=C(/COC(=O)NCc3ccccc3)CC[C@H]12. The Morgan fingerprint density at radius 1 is 1.29 bits per heavy atom. The average molecular weight is 381 g/mol. The first kappa shape index (κ1) is 19.9. The van der Waals surface area contributed by atoms with Crippen molar-refractivity contribution in [3.8, 4) is 0 Å². The topological polar surface area (TPSA) is 64.6 Å². The van der Waals surface area contributed by atoms with E-state index in [9.17, 15) is 9.59 Å². The number of alkyl carbamates (subject to hydrolysis) is 1. The van der Waals surface area contributed by atoms with Gasteiger partial charge in [-0.15, -0.1) is 0 Å². The predicted octanol–water partition coefficient (Wildman–Crippen LogP) is 4.46. The van der Waals surface area contributed by atoms with Crippen LogP contribution in [0.25, 0.3) is 0 Å². The molecule has 2 aliphatic rings. The van der Waals surface area contributed by atoms with Gasteiger partial charge in [0.25, 0.3) is 0 Å². The van der Waals surface area contributed by atoms with Crippen molar-refractivity contribution in [2.75, 3.05) is 6.61 Å². The molecular weight excluding hydrogens is 354 g/mol. The molecule has 1 aromatic carbocycles. The van der Waals surface area contributed by atoms with Crippen molar-refractivity contribution in [3.63, 3.8) is 0 Å². The van der Waals surface area contributed by atoms with Crippen molar-refractivity contribution >= 4 is 12.1 Å². The molecule has 0 aromatic heterocycles. The highest BCUT2D eigenvalue weighted by molar-refractivity contribution is 5.91. The van der Waals surface area contributed by atoms with Gasteiger partial charge in [-0.1, -0.05) is 48.6 Å². The number of nitrogens with one attached hydrogen (secondary N) is 1. The molecule has 0 radical (unpaired) electrons. The molecule has 0 bridgehead atoms. The zero-order valence-corrected chi connectivity index (χ0v) is 16.3. The highest BCUT2D eigenvalue weighted by atomic mass is 16.6. The lowest BCUT2D eigenvalue weighted by Gasteiger charge is -2.18. The van der Waals surface area contributed by atoms with Crippen LogP contribution in [-0.2, 0) is 20.8 Å². The molecule has 1 aliphatic carbocycles. The third-order valence-corrected chi connectivity index (χ3v) is 5.21. The normalized spacial score (nSPS) is 26.2. The Morgan fingerprint density at radius 2 is 2.07 bits per heavy atom. The predicted molar refractivity (Wildman–Crippen MR) is 107 cm³/mol. The maximum Gasteiger partial charge on any atom is 0.407 e. The van der Waals surface area contributed by atoms with E-state index in [0.29, 0.717) is 12.1 Å². The number of hydrogen-bond acceptors (Lipinski definition) is 4. The van der Waals surface area contributed by atoms with Crippen molar-refractivity contribution in [1.82, 2.24) is 5.32 Å². The third kappa shape index (κ3) is 5.35. The van der Waals surface area contributed by atoms with Crippen LogP contribution in [-0.4, -0.2) is 24.8 Å². The van der Waals surface area contributed by atoms with E-state index in [-0.39, 0.29) is 24.6 Å². The maximum absolute atomic E-state index is 12.0. The van der Waals surface area contributed by atoms with E-state index in [1.54, 1.807) is 0 Å². The second-order valence-electron chi connectivity index (χ2n) is 7.37. The number of hydrogen-bond donors (Lipinski definition) is 1. The van der Waals surface area contributed by atoms with Crippen molar-refractivity contribution in [3.05, 3.63) is 71.3 Å². The summed E-state index contributed by atoms with van der Waals surface area (Å²) in [5, 5.41) is 2.77. The van der Waals surface area contributed by atoms with E-state index in [0.717, 1.165) is 36.8 Å². The fraction of sp³-hybridized carbons (Fsp3) is 0.391. The molecule has 1 fully saturated rings. The minimum atomic E-state index is -0.431. The molecule has 3 rings (SSSR count). The van der Waals surface area contributed by atoms with E-state index >= 15 is 0 Å². The van der Waals surface area contributed by atoms with E-state index < -0.39 is 6.09 Å². The first-order valence-electron chi connectivity index (χ1n) is 9.72. The van der Waals surface area contributed by atoms with E-state index in [1.165, 1.54) is 5.57 Å². The van der Waals surface area contributed by atoms with Crippen LogP contribution >= 0.6 is 0 Å². The molecule has 1 N–H and O–H groups in total. The lowest BCUT2D eigenvalue weighted by Crippen LogP contribution is -2.24. The van der Waals surface area contributed by atoms with Gasteiger partial charge >= 0.3 is 12.1 Å². The van der Waals surface area contributed by atoms with Gasteiger partial charge in [-0.2, -0.15) is 0 Å². The Hall–Kier alpha value is -2.82. The van der Waals surface area contributed by atoms with Crippen molar-refractivity contribution < 1.29 is 19.1 Å². The zero-order valence-electron chi connectivity index (χ0n) is 16.3. The summed E-state index contributed by atoms with van der Waals surface area (Å²) in [4.78, 5) is 23.9. The van der Waals surface area contributed by atoms with Gasteiger partial charge in [0.15, 0.2) is 0 Å². The first-order chi connectivity index (χ1) is 13.5. The van der Waals surface area contributed by atoms with E-state index in [1.807, 2.05) is 36.4 Å². The summed E-state index contributed by atoms with van der Waals surface area (Å²) in [6.45, 7) is 6.64. The number of amides is 1. The van der Waals surface area contributed by atoms with Gasteiger partial charge in [-0.25, -0.2) is 9.59 Å². The van der Waals surface area contributed by atoms with E-state index in [4.69, 9.17) is 9.47 Å². The lowest BCUT2D eigenvalue weighted by atomic mass is 9.88. The molecular formula is C23H27NO4. The molecule has 0 saturated carbocycles. The molecule has 28 heavy (non-hydrogen) atoms. The van der Waals surface area contributed by atoms with Gasteiger partial charge in [-0.3, -0.25) is 0 Å². The third-order valence-electron chi connectivity index (χ3n) is 5.21. The van der Waals surface area contributed by atoms with Crippen LogP contribution in [0, 0.1) is 5.92 Å². The van der Waals surface area contributed by atoms with Crippen molar-refractivity contribution in [1.29, 1.82) is 0 Å². The number of ether oxygens (including phenoxy) is 2. The number of rotatable bonds is 4. The lowest BCUT2D eigenvalue weighted by molar-refractivity contribution is -0.137. The molecule has 1 heterocycles. The molecule has 1 aliphatic heterocycles. The van der Waals surface area contributed by atoms with Gasteiger partial charge in [0.05, 0.1) is 0 Å². The molecule has 5 nitrogen and oxygen atoms in total. The van der Waals surface area contributed by atoms with Crippen LogP contribution in [0.2, 0.25) is 0 Å². The van der Waals surface area contributed by atoms with Crippen LogP contribution in [0.3, 0.4) is 0 Å². The van der Waals surface area contributed by atoms with Crippen molar-refractivity contribution in [2.24, 2.45) is 5.92 Å². The summed E-state index contributed by atoms with van der Waals surface area (Å²) in [6.07, 6.45) is 6.79. The average Bonchev–Trinajstić information content (AvgIpc) is 2.95. The van der Waals surface area contributed by atoms with Gasteiger partial charge in [-0.05, 0) is 49.8 Å². The van der Waals surface area contributed by atoms with Crippen LogP contribution in [0.4, 0.5) is 4.79 Å². The minimum absolute atomic E-state index is 0.0177. The number of allylic oxidation sites excluding steroid dienone is 2. The standard InChI is InChI=1S/C23H27NO4/c1-16-7-6-10-19(11-12-20-17(2)22(25)28-21(20)13-16)15-27-23(26)24-14-18-8-4-3-5-9-18/h3-5,8-10,13,20-21H,2,6-7,11-12,14-15H2,1H3,(H,24,26)/b16-13+,19-10+/t20-,21+/m1/s1. The summed E-state index contributed by atoms with van der Waals surface area (Å²) in [5.74, 6) is -0.323. The largest absolute Gasteiger partial charge is 0.454 e. The Balaban J connectivity index is 1.54. The Bertz CT molecular complexity index is 794. The maximum atomic E-state index is 12.0. The summed E-state index contributed by atoms with van der Waals surface area (Å²) in [6, 6.07) is 9.71. The van der Waals surface area contributed by atoms with Crippen molar-refractivity contribution in [2.45, 2.75) is 45.3 Å². The summed E-state index contributed by atoms with van der Waals surface area (Å²) in [7, 11) is 0. The van der Waals surface area contributed by atoms with E-state index in [2.05, 4.69) is 24.9 Å². The molecule has 5 heteroatoms. The Kier molecular flexibility index (Phi) is 6.69. The number of carbonyl (C=O) groups excluding carboxylic acids is 2. The fourth-order valence-electron chi connectivity index (χ4n) is 3.54. The number of esters is 1. The number of carbonyl (C=O) groups is 2. The van der Waals surface area contributed by atoms with Crippen LogP contribution in [0.5, 0.6) is 0 Å². The molecule has 2 atom stereocenters. The highest BCUT2D eigenvalue weighted by Crippen LogP contribution is 2.34. The quantitative estimate of drug-likeness (QED) is 0.475. The zero-order chi connectivity index (χ0) is 19.9. The minimum Gasteiger partial charge on any atom is -0.454 e.